The first-order valence-electron chi connectivity index (χ1n) is 7.05. The molecule has 2 rings (SSSR count). The molecule has 0 bridgehead atoms. The molecule has 2 aliphatic rings. The first-order valence-corrected chi connectivity index (χ1v) is 7.05. The van der Waals surface area contributed by atoms with Gasteiger partial charge in [0.15, 0.2) is 0 Å². The maximum atomic E-state index is 6.12. The molecule has 0 spiro atoms. The Bertz CT molecular complexity index is 233. The van der Waals surface area contributed by atoms with Gasteiger partial charge in [-0.25, -0.2) is 0 Å². The van der Waals surface area contributed by atoms with Crippen molar-refractivity contribution in [3.05, 3.63) is 0 Å². The average Bonchev–Trinajstić information content (AvgIpc) is 2.18. The average molecular weight is 224 g/mol. The molecule has 0 aromatic carbocycles. The van der Waals surface area contributed by atoms with E-state index >= 15 is 0 Å². The van der Waals surface area contributed by atoms with E-state index in [0.29, 0.717) is 5.54 Å². The van der Waals surface area contributed by atoms with Crippen LogP contribution >= 0.6 is 0 Å². The highest BCUT2D eigenvalue weighted by molar-refractivity contribution is 5.03. The number of nitrogens with zero attached hydrogens (tertiary/aromatic N) is 1. The van der Waals surface area contributed by atoms with Crippen LogP contribution in [-0.2, 0) is 0 Å². The summed E-state index contributed by atoms with van der Waals surface area (Å²) >= 11 is 0. The zero-order valence-electron chi connectivity index (χ0n) is 11.2. The molecule has 0 amide bonds. The highest BCUT2D eigenvalue weighted by Crippen LogP contribution is 2.42. The van der Waals surface area contributed by atoms with E-state index in [2.05, 4.69) is 25.7 Å². The van der Waals surface area contributed by atoms with Crippen molar-refractivity contribution in [1.29, 1.82) is 0 Å². The maximum Gasteiger partial charge on any atom is 0.0357 e. The van der Waals surface area contributed by atoms with E-state index in [0.717, 1.165) is 24.3 Å². The van der Waals surface area contributed by atoms with E-state index in [1.807, 2.05) is 0 Å². The van der Waals surface area contributed by atoms with Gasteiger partial charge in [0, 0.05) is 25.2 Å². The van der Waals surface area contributed by atoms with Crippen LogP contribution in [0.15, 0.2) is 0 Å². The molecule has 0 aromatic heterocycles. The normalized spacial score (nSPS) is 37.7. The molecule has 1 saturated heterocycles. The monoisotopic (exact) mass is 224 g/mol. The van der Waals surface area contributed by atoms with Crippen LogP contribution in [0.2, 0.25) is 0 Å². The van der Waals surface area contributed by atoms with Crippen molar-refractivity contribution in [2.75, 3.05) is 19.6 Å². The summed E-state index contributed by atoms with van der Waals surface area (Å²) in [5, 5.41) is 0. The number of rotatable bonds is 3. The summed E-state index contributed by atoms with van der Waals surface area (Å²) in [6, 6.07) is 0. The zero-order chi connectivity index (χ0) is 11.8. The lowest BCUT2D eigenvalue weighted by atomic mass is 9.69. The van der Waals surface area contributed by atoms with Crippen molar-refractivity contribution < 1.29 is 0 Å². The zero-order valence-corrected chi connectivity index (χ0v) is 11.2. The second-order valence-electron chi connectivity index (χ2n) is 6.36. The molecule has 1 aliphatic carbocycles. The molecular formula is C14H28N2. The fourth-order valence-corrected chi connectivity index (χ4v) is 3.60. The highest BCUT2D eigenvalue weighted by atomic mass is 15.3. The summed E-state index contributed by atoms with van der Waals surface area (Å²) in [6.07, 6.45) is 5.49. The topological polar surface area (TPSA) is 29.3 Å². The molecule has 2 fully saturated rings. The van der Waals surface area contributed by atoms with Crippen LogP contribution in [0.4, 0.5) is 0 Å². The second-order valence-corrected chi connectivity index (χ2v) is 6.36. The van der Waals surface area contributed by atoms with Crippen molar-refractivity contribution in [2.45, 2.75) is 52.0 Å². The lowest BCUT2D eigenvalue weighted by Gasteiger charge is -2.57. The third-order valence-electron chi connectivity index (χ3n) is 5.25. The van der Waals surface area contributed by atoms with E-state index in [1.54, 1.807) is 0 Å². The fourth-order valence-electron chi connectivity index (χ4n) is 3.60. The summed E-state index contributed by atoms with van der Waals surface area (Å²) in [5.41, 5.74) is 6.47. The number of likely N-dealkylation sites (tertiary alicyclic amines) is 1. The van der Waals surface area contributed by atoms with Crippen molar-refractivity contribution in [1.82, 2.24) is 4.90 Å². The molecule has 16 heavy (non-hydrogen) atoms. The van der Waals surface area contributed by atoms with Gasteiger partial charge in [-0.05, 0) is 30.6 Å². The molecule has 0 radical (unpaired) electrons. The molecule has 0 aromatic rings. The predicted molar refractivity (Wildman–Crippen MR) is 69.3 cm³/mol. The predicted octanol–water partition coefficient (Wildman–Crippen LogP) is 2.48. The lowest BCUT2D eigenvalue weighted by molar-refractivity contribution is -0.0727. The summed E-state index contributed by atoms with van der Waals surface area (Å²) < 4.78 is 0. The Balaban J connectivity index is 2.00. The Kier molecular flexibility index (Phi) is 3.60. The Morgan fingerprint density at radius 2 is 2.00 bits per heavy atom. The van der Waals surface area contributed by atoms with E-state index in [9.17, 15) is 0 Å². The summed E-state index contributed by atoms with van der Waals surface area (Å²) in [4.78, 5) is 2.70. The summed E-state index contributed by atoms with van der Waals surface area (Å²) in [5.74, 6) is 2.54. The van der Waals surface area contributed by atoms with Crippen LogP contribution < -0.4 is 5.73 Å². The molecule has 2 nitrogen and oxygen atoms in total. The second kappa shape index (κ2) is 4.66. The van der Waals surface area contributed by atoms with E-state index in [-0.39, 0.29) is 0 Å². The number of hydrogen-bond acceptors (Lipinski definition) is 2. The third-order valence-corrected chi connectivity index (χ3v) is 5.25. The quantitative estimate of drug-likeness (QED) is 0.798. The molecule has 1 heterocycles. The van der Waals surface area contributed by atoms with Gasteiger partial charge in [-0.3, -0.25) is 4.90 Å². The van der Waals surface area contributed by atoms with Crippen molar-refractivity contribution in [3.63, 3.8) is 0 Å². The van der Waals surface area contributed by atoms with Gasteiger partial charge in [-0.2, -0.15) is 0 Å². The van der Waals surface area contributed by atoms with Crippen molar-refractivity contribution in [3.8, 4) is 0 Å². The number of nitrogens with two attached hydrogens (primary N) is 1. The largest absolute Gasteiger partial charge is 0.329 e. The van der Waals surface area contributed by atoms with Gasteiger partial charge < -0.3 is 5.73 Å². The van der Waals surface area contributed by atoms with Crippen LogP contribution in [0, 0.1) is 17.8 Å². The molecule has 2 heteroatoms. The van der Waals surface area contributed by atoms with Crippen LogP contribution in [0.25, 0.3) is 0 Å². The van der Waals surface area contributed by atoms with Crippen LogP contribution in [0.3, 0.4) is 0 Å². The standard InChI is InChI=1S/C14H28N2/c1-11(2)13-8-16(9-13)14(10-15)7-5-4-6-12(14)3/h11-13H,4-10,15H2,1-3H3. The minimum absolute atomic E-state index is 0.351. The minimum Gasteiger partial charge on any atom is -0.329 e. The Hall–Kier alpha value is -0.0800. The van der Waals surface area contributed by atoms with Gasteiger partial charge >= 0.3 is 0 Å². The van der Waals surface area contributed by atoms with E-state index in [1.165, 1.54) is 38.8 Å². The molecule has 2 unspecified atom stereocenters. The molecule has 1 aliphatic heterocycles. The van der Waals surface area contributed by atoms with E-state index < -0.39 is 0 Å². The Labute approximate surface area is 101 Å². The Morgan fingerprint density at radius 1 is 1.31 bits per heavy atom. The Morgan fingerprint density at radius 3 is 2.50 bits per heavy atom. The molecule has 2 atom stereocenters. The SMILES string of the molecule is CC(C)C1CN(C2(CN)CCCCC2C)C1. The van der Waals surface area contributed by atoms with Crippen LogP contribution in [0.5, 0.6) is 0 Å². The van der Waals surface area contributed by atoms with E-state index in [4.69, 9.17) is 5.73 Å². The molecule has 94 valence electrons. The first-order chi connectivity index (χ1) is 7.60. The summed E-state index contributed by atoms with van der Waals surface area (Å²) in [7, 11) is 0. The molecule has 1 saturated carbocycles. The third kappa shape index (κ3) is 1.91. The molecular weight excluding hydrogens is 196 g/mol. The lowest BCUT2D eigenvalue weighted by Crippen LogP contribution is -2.67. The van der Waals surface area contributed by atoms with Gasteiger partial charge in [-0.15, -0.1) is 0 Å². The van der Waals surface area contributed by atoms with Gasteiger partial charge in [0.25, 0.3) is 0 Å². The van der Waals surface area contributed by atoms with Gasteiger partial charge in [0.1, 0.15) is 0 Å². The fraction of sp³-hybridized carbons (Fsp3) is 1.00. The van der Waals surface area contributed by atoms with Crippen LogP contribution in [-0.4, -0.2) is 30.1 Å². The molecule has 2 N–H and O–H groups in total. The van der Waals surface area contributed by atoms with Gasteiger partial charge in [-0.1, -0.05) is 33.6 Å². The minimum atomic E-state index is 0.351. The number of hydrogen-bond donors (Lipinski definition) is 1. The van der Waals surface area contributed by atoms with Crippen molar-refractivity contribution >= 4 is 0 Å². The highest BCUT2D eigenvalue weighted by Gasteiger charge is 2.47. The van der Waals surface area contributed by atoms with Crippen LogP contribution in [0.1, 0.15) is 46.5 Å². The van der Waals surface area contributed by atoms with Gasteiger partial charge in [0.05, 0.1) is 0 Å². The maximum absolute atomic E-state index is 6.12. The smallest absolute Gasteiger partial charge is 0.0357 e. The van der Waals surface area contributed by atoms with Gasteiger partial charge in [0.2, 0.25) is 0 Å². The summed E-state index contributed by atoms with van der Waals surface area (Å²) in [6.45, 7) is 10.6. The first kappa shape index (κ1) is 12.4. The van der Waals surface area contributed by atoms with Crippen molar-refractivity contribution in [2.24, 2.45) is 23.5 Å².